The minimum absolute atomic E-state index is 1.15. The van der Waals surface area contributed by atoms with Gasteiger partial charge in [-0.15, -0.1) is 0 Å². The van der Waals surface area contributed by atoms with Crippen molar-refractivity contribution in [1.29, 1.82) is 26.3 Å². The maximum absolute atomic E-state index is 8.35. The fraction of sp³-hybridized carbons (Fsp3) is 0.545. The van der Waals surface area contributed by atoms with Gasteiger partial charge in [0, 0.05) is 13.1 Å². The van der Waals surface area contributed by atoms with E-state index in [0.29, 0.717) is 0 Å². The zero-order valence-corrected chi connectivity index (χ0v) is 12.5. The van der Waals surface area contributed by atoms with Gasteiger partial charge in [-0.2, -0.15) is 0 Å². The van der Waals surface area contributed by atoms with Crippen LogP contribution in [0.4, 0.5) is 0 Å². The van der Waals surface area contributed by atoms with Crippen molar-refractivity contribution >= 4 is 0 Å². The molecular formula is C11H16FeN7. The van der Waals surface area contributed by atoms with Crippen molar-refractivity contribution < 1.29 is 11.8 Å². The standard InChI is InChI=1S/C6H16N2.5CN.Fe/c1-7(2)5-6-8(3)4;5*1-2;/h5-6H2,1-4H3;;;;;;. The Balaban J connectivity index is 0. The Morgan fingerprint density at radius 3 is 0.895 bits per heavy atom. The fourth-order valence-electron chi connectivity index (χ4n) is 0.577. The number of hydrogen-bond acceptors (Lipinski definition) is 7. The van der Waals surface area contributed by atoms with Gasteiger partial charge in [0.05, 0.1) is 0 Å². The van der Waals surface area contributed by atoms with Gasteiger partial charge < -0.3 is 9.80 Å². The van der Waals surface area contributed by atoms with Gasteiger partial charge >= 0.3 is 62.9 Å². The summed E-state index contributed by atoms with van der Waals surface area (Å²) in [5, 5.41) is 41.8. The minimum atomic E-state index is -4.78. The van der Waals surface area contributed by atoms with E-state index in [1.54, 1.807) is 0 Å². The first-order chi connectivity index (χ1) is 8.74. The van der Waals surface area contributed by atoms with Crippen LogP contribution in [0, 0.1) is 51.1 Å². The molecule has 19 heavy (non-hydrogen) atoms. The van der Waals surface area contributed by atoms with Crippen LogP contribution in [0.5, 0.6) is 0 Å². The van der Waals surface area contributed by atoms with Crippen LogP contribution < -0.4 is 0 Å². The zero-order valence-electron chi connectivity index (χ0n) is 11.4. The molecule has 0 aliphatic heterocycles. The first-order valence-electron chi connectivity index (χ1n) is 4.92. The molecule has 0 radical (unpaired) electrons. The van der Waals surface area contributed by atoms with E-state index >= 15 is 0 Å². The molecule has 7 nitrogen and oxygen atoms in total. The Hall–Kier alpha value is -2.11. The second-order valence-electron chi connectivity index (χ2n) is 3.89. The summed E-state index contributed by atoms with van der Waals surface area (Å²) in [6, 6.07) is 0. The fourth-order valence-corrected chi connectivity index (χ4v) is 1.13. The number of nitrogens with zero attached hydrogens (tertiary/aromatic N) is 7. The summed E-state index contributed by atoms with van der Waals surface area (Å²) in [6.07, 6.45) is 0. The number of hydrogen-bond donors (Lipinski definition) is 0. The van der Waals surface area contributed by atoms with Crippen molar-refractivity contribution in [3.05, 3.63) is 0 Å². The average Bonchev–Trinajstić information content (AvgIpc) is 2.42. The summed E-state index contributed by atoms with van der Waals surface area (Å²) < 4.78 is 0. The van der Waals surface area contributed by atoms with Crippen molar-refractivity contribution in [3.63, 3.8) is 0 Å². The monoisotopic (exact) mass is 302 g/mol. The molecule has 0 saturated heterocycles. The van der Waals surface area contributed by atoms with E-state index in [1.807, 2.05) is 0 Å². The predicted molar refractivity (Wildman–Crippen MR) is 65.2 cm³/mol. The quantitative estimate of drug-likeness (QED) is 0.681. The SMILES string of the molecule is CN(C)CCN(C)C.N#[C][Fe]([C]#N)([C]#N)([C]#N)[C]#N. The van der Waals surface area contributed by atoms with E-state index in [4.69, 9.17) is 26.3 Å². The molecule has 0 N–H and O–H groups in total. The Morgan fingerprint density at radius 2 is 0.842 bits per heavy atom. The molecule has 0 aromatic rings. The van der Waals surface area contributed by atoms with E-state index in [2.05, 4.69) is 38.0 Å². The van der Waals surface area contributed by atoms with Crippen LogP contribution in [0.3, 0.4) is 0 Å². The van der Waals surface area contributed by atoms with Gasteiger partial charge in [0.25, 0.3) is 0 Å². The maximum atomic E-state index is 8.35. The van der Waals surface area contributed by atoms with Crippen LogP contribution in [0.1, 0.15) is 0 Å². The van der Waals surface area contributed by atoms with Gasteiger partial charge in [0.1, 0.15) is 0 Å². The molecule has 0 spiro atoms. The molecule has 0 heterocycles. The van der Waals surface area contributed by atoms with Crippen molar-refractivity contribution in [2.45, 2.75) is 0 Å². The molecule has 0 atom stereocenters. The van der Waals surface area contributed by atoms with E-state index in [1.165, 1.54) is 24.8 Å². The molecule has 0 saturated carbocycles. The molecule has 8 heteroatoms. The average molecular weight is 302 g/mol. The molecule has 0 rings (SSSR count). The molecular weight excluding hydrogens is 286 g/mol. The van der Waals surface area contributed by atoms with Gasteiger partial charge in [-0.1, -0.05) is 0 Å². The van der Waals surface area contributed by atoms with E-state index in [-0.39, 0.29) is 0 Å². The molecule has 0 unspecified atom stereocenters. The number of rotatable bonds is 3. The van der Waals surface area contributed by atoms with Crippen LogP contribution in [-0.4, -0.2) is 51.1 Å². The van der Waals surface area contributed by atoms with Crippen LogP contribution in [0.2, 0.25) is 0 Å². The Kier molecular flexibility index (Phi) is 8.17. The Labute approximate surface area is 114 Å². The zero-order chi connectivity index (χ0) is 15.6. The predicted octanol–water partition coefficient (Wildman–Crippen LogP) is 0.191. The third-order valence-corrected chi connectivity index (χ3v) is 4.25. The first kappa shape index (κ1) is 19.2. The molecule has 0 bridgehead atoms. The molecule has 0 aliphatic carbocycles. The van der Waals surface area contributed by atoms with Gasteiger partial charge in [-0.25, -0.2) is 0 Å². The number of nitriles is 5. The third-order valence-electron chi connectivity index (χ3n) is 1.78. The van der Waals surface area contributed by atoms with Gasteiger partial charge in [0.15, 0.2) is 0 Å². The van der Waals surface area contributed by atoms with Crippen LogP contribution in [-0.2, 0) is 11.8 Å². The van der Waals surface area contributed by atoms with Crippen LogP contribution in [0.15, 0.2) is 0 Å². The van der Waals surface area contributed by atoms with E-state index in [9.17, 15) is 0 Å². The summed E-state index contributed by atoms with van der Waals surface area (Å²) in [6.45, 7) is 2.29. The van der Waals surface area contributed by atoms with Gasteiger partial charge in [0.2, 0.25) is 0 Å². The van der Waals surface area contributed by atoms with Crippen molar-refractivity contribution in [2.24, 2.45) is 0 Å². The molecule has 0 aromatic carbocycles. The molecule has 0 fully saturated rings. The van der Waals surface area contributed by atoms with Gasteiger partial charge in [-0.05, 0) is 28.2 Å². The van der Waals surface area contributed by atoms with Gasteiger partial charge in [-0.3, -0.25) is 0 Å². The molecule has 0 aliphatic rings. The second-order valence-corrected chi connectivity index (χ2v) is 7.88. The molecule has 103 valence electrons. The summed E-state index contributed by atoms with van der Waals surface area (Å²) >= 11 is -4.78. The summed E-state index contributed by atoms with van der Waals surface area (Å²) in [7, 11) is 8.35. The summed E-state index contributed by atoms with van der Waals surface area (Å²) in [5.74, 6) is 0. The topological polar surface area (TPSA) is 125 Å². The van der Waals surface area contributed by atoms with Crippen LogP contribution in [0.25, 0.3) is 0 Å². The van der Waals surface area contributed by atoms with Crippen molar-refractivity contribution in [1.82, 2.24) is 9.80 Å². The number of likely N-dealkylation sites (N-methyl/N-ethyl adjacent to an activating group) is 2. The Bertz CT molecular complexity index is 397. The third kappa shape index (κ3) is 5.85. The summed E-state index contributed by atoms with van der Waals surface area (Å²) in [4.78, 5) is 10.5. The van der Waals surface area contributed by atoms with Crippen molar-refractivity contribution in [3.8, 4) is 24.8 Å². The van der Waals surface area contributed by atoms with Crippen molar-refractivity contribution in [2.75, 3.05) is 41.3 Å². The normalized spacial score (nSPS) is 11.3. The molecule has 0 amide bonds. The summed E-state index contributed by atoms with van der Waals surface area (Å²) in [5.41, 5.74) is 0. The van der Waals surface area contributed by atoms with E-state index < -0.39 is 11.8 Å². The second kappa shape index (κ2) is 8.07. The molecule has 0 aromatic heterocycles. The first-order valence-corrected chi connectivity index (χ1v) is 7.68. The van der Waals surface area contributed by atoms with E-state index in [0.717, 1.165) is 13.1 Å². The Morgan fingerprint density at radius 1 is 0.632 bits per heavy atom. The van der Waals surface area contributed by atoms with Crippen LogP contribution >= 0.6 is 0 Å².